The third kappa shape index (κ3) is 7.91. The molecule has 1 saturated heterocycles. The van der Waals surface area contributed by atoms with Crippen LogP contribution in [0.5, 0.6) is 17.2 Å². The third-order valence-corrected chi connectivity index (χ3v) is 7.69. The molecule has 10 nitrogen and oxygen atoms in total. The number of ether oxygens (including phenoxy) is 2. The summed E-state index contributed by atoms with van der Waals surface area (Å²) in [4.78, 5) is 22.3. The van der Waals surface area contributed by atoms with Crippen LogP contribution in [0.2, 0.25) is 0 Å². The molecule has 0 spiro atoms. The van der Waals surface area contributed by atoms with Crippen LogP contribution in [-0.2, 0) is 11.3 Å². The van der Waals surface area contributed by atoms with Crippen LogP contribution in [0.4, 0.5) is 0 Å². The van der Waals surface area contributed by atoms with Gasteiger partial charge in [0.15, 0.2) is 5.82 Å². The number of aliphatic hydroxyl groups is 1. The predicted molar refractivity (Wildman–Crippen MR) is 161 cm³/mol. The smallest absolute Gasteiger partial charge is 0.257 e. The highest BCUT2D eigenvalue weighted by molar-refractivity contribution is 5.77. The number of carbonyl (C=O) groups is 1. The second kappa shape index (κ2) is 14.2. The molecule has 10 heteroatoms. The van der Waals surface area contributed by atoms with Crippen molar-refractivity contribution in [3.8, 4) is 28.7 Å². The summed E-state index contributed by atoms with van der Waals surface area (Å²) >= 11 is 0. The molecule has 1 aromatic heterocycles. The number of hydrogen-bond donors (Lipinski definition) is 2. The first-order valence-corrected chi connectivity index (χ1v) is 14.5. The van der Waals surface area contributed by atoms with Gasteiger partial charge in [-0.25, -0.2) is 0 Å². The minimum absolute atomic E-state index is 0.118. The lowest BCUT2D eigenvalue weighted by Gasteiger charge is -2.37. The van der Waals surface area contributed by atoms with E-state index < -0.39 is 12.1 Å². The van der Waals surface area contributed by atoms with E-state index in [4.69, 9.17) is 14.0 Å². The Labute approximate surface area is 251 Å². The van der Waals surface area contributed by atoms with Crippen molar-refractivity contribution in [3.05, 3.63) is 89.7 Å². The number of amides is 1. The van der Waals surface area contributed by atoms with E-state index in [9.17, 15) is 15.0 Å². The van der Waals surface area contributed by atoms with Crippen molar-refractivity contribution in [1.29, 1.82) is 0 Å². The van der Waals surface area contributed by atoms with Gasteiger partial charge in [-0.15, -0.1) is 0 Å². The molecule has 0 radical (unpaired) electrons. The maximum atomic E-state index is 14.0. The summed E-state index contributed by atoms with van der Waals surface area (Å²) in [6, 6.07) is 20.9. The van der Waals surface area contributed by atoms with Crippen LogP contribution < -0.4 is 9.47 Å². The van der Waals surface area contributed by atoms with Crippen LogP contribution in [0, 0.1) is 6.92 Å². The maximum absolute atomic E-state index is 14.0. The Bertz CT molecular complexity index is 1450. The fourth-order valence-electron chi connectivity index (χ4n) is 5.32. The number of benzene rings is 3. The number of carbonyl (C=O) groups excluding carboxylic acids is 1. The molecule has 2 N–H and O–H groups in total. The predicted octanol–water partition coefficient (Wildman–Crippen LogP) is 4.75. The van der Waals surface area contributed by atoms with Crippen LogP contribution >= 0.6 is 0 Å². The lowest BCUT2D eigenvalue weighted by atomic mass is 9.98. The van der Waals surface area contributed by atoms with E-state index in [0.29, 0.717) is 29.6 Å². The van der Waals surface area contributed by atoms with Gasteiger partial charge in [0.25, 0.3) is 5.89 Å². The van der Waals surface area contributed by atoms with Gasteiger partial charge in [0.1, 0.15) is 23.4 Å². The lowest BCUT2D eigenvalue weighted by molar-refractivity contribution is -0.138. The SMILES string of the molecule is COc1ccc(OCCC(=O)N(Cc2ccc(-c3nc(C)no3)cc2)[C@H](CN2CCCC2)[C@H](O)c2ccc(O)cc2)cc1. The van der Waals surface area contributed by atoms with Gasteiger partial charge in [-0.1, -0.05) is 29.4 Å². The highest BCUT2D eigenvalue weighted by Gasteiger charge is 2.33. The summed E-state index contributed by atoms with van der Waals surface area (Å²) in [5, 5.41) is 25.4. The lowest BCUT2D eigenvalue weighted by Crippen LogP contribution is -2.49. The number of methoxy groups -OCH3 is 1. The zero-order valence-electron chi connectivity index (χ0n) is 24.6. The summed E-state index contributed by atoms with van der Waals surface area (Å²) in [6.07, 6.45) is 1.34. The summed E-state index contributed by atoms with van der Waals surface area (Å²) in [5.74, 6) is 2.34. The molecule has 0 bridgehead atoms. The summed E-state index contributed by atoms with van der Waals surface area (Å²) < 4.78 is 16.4. The first-order chi connectivity index (χ1) is 20.9. The van der Waals surface area contributed by atoms with Crippen LogP contribution in [-0.4, -0.2) is 75.5 Å². The van der Waals surface area contributed by atoms with Crippen LogP contribution in [0.25, 0.3) is 11.5 Å². The minimum Gasteiger partial charge on any atom is -0.508 e. The number of nitrogens with zero attached hydrogens (tertiary/aromatic N) is 4. The number of aryl methyl sites for hydroxylation is 1. The Hall–Kier alpha value is -4.41. The van der Waals surface area contributed by atoms with E-state index in [-0.39, 0.29) is 31.2 Å². The number of likely N-dealkylation sites (tertiary alicyclic amines) is 1. The van der Waals surface area contributed by atoms with Gasteiger partial charge in [0.2, 0.25) is 5.91 Å². The Morgan fingerprint density at radius 1 is 1.00 bits per heavy atom. The molecule has 1 fully saturated rings. The molecule has 5 rings (SSSR count). The number of aliphatic hydroxyl groups excluding tert-OH is 1. The zero-order valence-corrected chi connectivity index (χ0v) is 24.6. The van der Waals surface area contributed by atoms with Gasteiger partial charge in [0, 0.05) is 18.7 Å². The zero-order chi connectivity index (χ0) is 30.2. The average molecular weight is 587 g/mol. The fraction of sp³-hybridized carbons (Fsp3) is 0.364. The molecule has 1 aliphatic heterocycles. The first kappa shape index (κ1) is 30.1. The van der Waals surface area contributed by atoms with Gasteiger partial charge in [0.05, 0.1) is 26.2 Å². The van der Waals surface area contributed by atoms with Crippen molar-refractivity contribution in [2.75, 3.05) is 33.4 Å². The Kier molecular flexibility index (Phi) is 9.91. The molecule has 2 atom stereocenters. The normalized spacial score (nSPS) is 14.8. The fourth-order valence-corrected chi connectivity index (χ4v) is 5.32. The molecular weight excluding hydrogens is 548 g/mol. The molecule has 0 aliphatic carbocycles. The van der Waals surface area contributed by atoms with Gasteiger partial charge >= 0.3 is 0 Å². The Morgan fingerprint density at radius 3 is 2.30 bits per heavy atom. The Morgan fingerprint density at radius 2 is 1.67 bits per heavy atom. The number of phenolic OH excluding ortho intramolecular Hbond substituents is 1. The van der Waals surface area contributed by atoms with Crippen LogP contribution in [0.1, 0.15) is 42.3 Å². The largest absolute Gasteiger partial charge is 0.508 e. The van der Waals surface area contributed by atoms with Gasteiger partial charge in [-0.05, 0) is 92.5 Å². The van der Waals surface area contributed by atoms with Crippen LogP contribution in [0.3, 0.4) is 0 Å². The molecular formula is C33H38N4O6. The van der Waals surface area contributed by atoms with Crippen molar-refractivity contribution in [3.63, 3.8) is 0 Å². The quantitative estimate of drug-likeness (QED) is 0.228. The summed E-state index contributed by atoms with van der Waals surface area (Å²) in [5.41, 5.74) is 2.32. The van der Waals surface area contributed by atoms with Crippen molar-refractivity contribution in [1.82, 2.24) is 19.9 Å². The summed E-state index contributed by atoms with van der Waals surface area (Å²) in [6.45, 7) is 4.59. The highest BCUT2D eigenvalue weighted by Crippen LogP contribution is 2.28. The average Bonchev–Trinajstić information content (AvgIpc) is 3.71. The number of hydrogen-bond acceptors (Lipinski definition) is 9. The molecule has 1 aliphatic rings. The maximum Gasteiger partial charge on any atom is 0.257 e. The van der Waals surface area contributed by atoms with E-state index in [1.54, 1.807) is 55.3 Å². The number of aromatic hydroxyl groups is 1. The Balaban J connectivity index is 1.39. The van der Waals surface area contributed by atoms with Crippen molar-refractivity contribution >= 4 is 5.91 Å². The van der Waals surface area contributed by atoms with Gasteiger partial charge in [-0.2, -0.15) is 4.98 Å². The number of rotatable bonds is 13. The molecule has 3 aromatic carbocycles. The van der Waals surface area contributed by atoms with E-state index in [1.165, 1.54) is 0 Å². The molecule has 226 valence electrons. The molecule has 1 amide bonds. The van der Waals surface area contributed by atoms with Gasteiger partial charge < -0.3 is 34.0 Å². The molecule has 2 heterocycles. The van der Waals surface area contributed by atoms with Gasteiger partial charge in [-0.3, -0.25) is 4.79 Å². The minimum atomic E-state index is -0.965. The molecule has 0 unspecified atom stereocenters. The number of aromatic nitrogens is 2. The topological polar surface area (TPSA) is 121 Å². The van der Waals surface area contributed by atoms with E-state index >= 15 is 0 Å². The van der Waals surface area contributed by atoms with E-state index in [0.717, 1.165) is 42.8 Å². The first-order valence-electron chi connectivity index (χ1n) is 14.5. The van der Waals surface area contributed by atoms with E-state index in [1.807, 2.05) is 36.4 Å². The van der Waals surface area contributed by atoms with E-state index in [2.05, 4.69) is 15.0 Å². The molecule has 43 heavy (non-hydrogen) atoms. The molecule has 4 aromatic rings. The molecule has 0 saturated carbocycles. The van der Waals surface area contributed by atoms with Crippen molar-refractivity contribution < 1.29 is 29.0 Å². The third-order valence-electron chi connectivity index (χ3n) is 7.69. The second-order valence-electron chi connectivity index (χ2n) is 10.8. The standard InChI is InChI=1S/C33H38N4O6/c1-23-34-33(43-35-23)26-7-5-24(6-8-26)21-37(31(39)17-20-42-29-15-13-28(41-2)14-16-29)30(22-36-18-3-4-19-36)32(40)25-9-11-27(38)12-10-25/h5-16,30,32,38,40H,3-4,17-22H2,1-2H3/t30-,32-/m1/s1. The van der Waals surface area contributed by atoms with Crippen molar-refractivity contribution in [2.24, 2.45) is 0 Å². The number of phenols is 1. The monoisotopic (exact) mass is 586 g/mol. The second-order valence-corrected chi connectivity index (χ2v) is 10.8. The van der Waals surface area contributed by atoms with Crippen molar-refractivity contribution in [2.45, 2.75) is 44.9 Å². The summed E-state index contributed by atoms with van der Waals surface area (Å²) in [7, 11) is 1.61. The highest BCUT2D eigenvalue weighted by atomic mass is 16.5. The van der Waals surface area contributed by atoms with Crippen LogP contribution in [0.15, 0.2) is 77.3 Å².